The van der Waals surface area contributed by atoms with Gasteiger partial charge in [-0.1, -0.05) is 42.5 Å². The summed E-state index contributed by atoms with van der Waals surface area (Å²) in [6.07, 6.45) is 0. The first-order valence-electron chi connectivity index (χ1n) is 9.90. The molecule has 2 aliphatic rings. The van der Waals surface area contributed by atoms with Gasteiger partial charge in [0.1, 0.15) is 5.82 Å². The van der Waals surface area contributed by atoms with Gasteiger partial charge in [0.2, 0.25) is 0 Å². The van der Waals surface area contributed by atoms with Crippen LogP contribution in [0.15, 0.2) is 57.0 Å². The van der Waals surface area contributed by atoms with Crippen LogP contribution in [0.25, 0.3) is 0 Å². The number of ketones is 1. The first-order chi connectivity index (χ1) is 14.3. The van der Waals surface area contributed by atoms with Crippen molar-refractivity contribution in [3.63, 3.8) is 0 Å². The molecular weight excluding hydrogens is 378 g/mol. The predicted octanol–water partition coefficient (Wildman–Crippen LogP) is 2.78. The van der Waals surface area contributed by atoms with E-state index in [-0.39, 0.29) is 5.78 Å². The molecule has 6 nitrogen and oxygen atoms in total. The van der Waals surface area contributed by atoms with Gasteiger partial charge < -0.3 is 0 Å². The van der Waals surface area contributed by atoms with Crippen molar-refractivity contribution in [2.45, 2.75) is 19.8 Å². The van der Waals surface area contributed by atoms with Gasteiger partial charge in [0.25, 0.3) is 5.56 Å². The number of hydrogen-bond acceptors (Lipinski definition) is 4. The summed E-state index contributed by atoms with van der Waals surface area (Å²) in [6.45, 7) is 4.04. The third-order valence-corrected chi connectivity index (χ3v) is 6.47. The molecule has 6 heteroatoms. The molecule has 0 radical (unpaired) electrons. The van der Waals surface area contributed by atoms with E-state index in [2.05, 4.69) is 0 Å². The third kappa shape index (κ3) is 2.30. The van der Waals surface area contributed by atoms with Crippen LogP contribution in [0.5, 0.6) is 0 Å². The molecule has 3 aromatic rings. The fraction of sp³-hybridized carbons (Fsp3) is 0.250. The Labute approximate surface area is 173 Å². The predicted molar refractivity (Wildman–Crippen MR) is 115 cm³/mol. The summed E-state index contributed by atoms with van der Waals surface area (Å²) in [5.74, 6) is -0.782. The fourth-order valence-electron chi connectivity index (χ4n) is 4.68. The minimum absolute atomic E-state index is 0.0332. The van der Waals surface area contributed by atoms with Crippen molar-refractivity contribution in [2.75, 3.05) is 0 Å². The van der Waals surface area contributed by atoms with E-state index in [9.17, 15) is 14.4 Å². The van der Waals surface area contributed by atoms with E-state index in [1.165, 1.54) is 11.6 Å². The Bertz CT molecular complexity index is 1410. The molecule has 2 heterocycles. The van der Waals surface area contributed by atoms with Crippen molar-refractivity contribution < 1.29 is 4.79 Å². The molecule has 0 fully saturated rings. The second-order valence-electron chi connectivity index (χ2n) is 8.15. The van der Waals surface area contributed by atoms with Crippen molar-refractivity contribution >= 4 is 17.3 Å². The van der Waals surface area contributed by atoms with Gasteiger partial charge in [-0.05, 0) is 30.5 Å². The lowest BCUT2D eigenvalue weighted by Gasteiger charge is -2.30. The second-order valence-corrected chi connectivity index (χ2v) is 8.15. The van der Waals surface area contributed by atoms with Gasteiger partial charge in [0.05, 0.1) is 17.2 Å². The van der Waals surface area contributed by atoms with Crippen molar-refractivity contribution in [1.82, 2.24) is 9.13 Å². The minimum Gasteiger partial charge on any atom is -0.293 e. The van der Waals surface area contributed by atoms with Gasteiger partial charge in [0, 0.05) is 31.1 Å². The van der Waals surface area contributed by atoms with Crippen molar-refractivity contribution in [1.29, 1.82) is 0 Å². The summed E-state index contributed by atoms with van der Waals surface area (Å²) in [6, 6.07) is 13.4. The normalized spacial score (nSPS) is 19.2. The van der Waals surface area contributed by atoms with E-state index in [0.29, 0.717) is 22.7 Å². The van der Waals surface area contributed by atoms with Gasteiger partial charge in [-0.2, -0.15) is 0 Å². The van der Waals surface area contributed by atoms with Gasteiger partial charge >= 0.3 is 5.69 Å². The smallest absolute Gasteiger partial charge is 0.293 e. The number of Topliss-reactive ketones (excluding diaryl/α,β-unsaturated/α-hetero) is 1. The summed E-state index contributed by atoms with van der Waals surface area (Å²) in [5.41, 5.74) is 4.70. The zero-order valence-electron chi connectivity index (χ0n) is 17.3. The SMILES string of the molecule is Cc1ccc([C@@H]2c3c(n(C)c(=O)n(C)c3=O)N=C3c4ccccc4C(=O)[C@@H]32)cc1C. The summed E-state index contributed by atoms with van der Waals surface area (Å²) in [7, 11) is 3.08. The van der Waals surface area contributed by atoms with Crippen molar-refractivity contribution in [2.24, 2.45) is 25.0 Å². The van der Waals surface area contributed by atoms with E-state index in [0.717, 1.165) is 26.8 Å². The Hall–Kier alpha value is -3.54. The molecule has 0 N–H and O–H groups in total. The lowest BCUT2D eigenvalue weighted by Crippen LogP contribution is -2.43. The Balaban J connectivity index is 1.91. The van der Waals surface area contributed by atoms with Gasteiger partial charge in [0.15, 0.2) is 5.78 Å². The maximum Gasteiger partial charge on any atom is 0.332 e. The first kappa shape index (κ1) is 18.5. The van der Waals surface area contributed by atoms with E-state index < -0.39 is 23.1 Å². The monoisotopic (exact) mass is 399 g/mol. The van der Waals surface area contributed by atoms with Crippen LogP contribution >= 0.6 is 0 Å². The number of benzene rings is 2. The number of carbonyl (C=O) groups is 1. The first-order valence-corrected chi connectivity index (χ1v) is 9.90. The van der Waals surface area contributed by atoms with Crippen molar-refractivity contribution in [3.8, 4) is 0 Å². The van der Waals surface area contributed by atoms with Crippen molar-refractivity contribution in [3.05, 3.63) is 96.7 Å². The number of fused-ring (bicyclic) bond motifs is 4. The van der Waals surface area contributed by atoms with Crippen LogP contribution in [0.4, 0.5) is 5.82 Å². The molecule has 0 bridgehead atoms. The quantitative estimate of drug-likeness (QED) is 0.632. The van der Waals surface area contributed by atoms with E-state index in [1.807, 2.05) is 50.2 Å². The average Bonchev–Trinajstić information content (AvgIpc) is 3.03. The molecule has 0 saturated carbocycles. The third-order valence-electron chi connectivity index (χ3n) is 6.47. The van der Waals surface area contributed by atoms with Crippen LogP contribution in [-0.2, 0) is 14.1 Å². The lowest BCUT2D eigenvalue weighted by molar-refractivity contribution is 0.0953. The van der Waals surface area contributed by atoms with Crippen LogP contribution in [-0.4, -0.2) is 20.6 Å². The zero-order valence-corrected chi connectivity index (χ0v) is 17.3. The summed E-state index contributed by atoms with van der Waals surface area (Å²) in [4.78, 5) is 44.0. The van der Waals surface area contributed by atoms with Gasteiger partial charge in [-0.15, -0.1) is 0 Å². The highest BCUT2D eigenvalue weighted by molar-refractivity contribution is 6.30. The zero-order chi connectivity index (χ0) is 21.3. The highest BCUT2D eigenvalue weighted by Crippen LogP contribution is 2.46. The summed E-state index contributed by atoms with van der Waals surface area (Å²) >= 11 is 0. The molecule has 0 unspecified atom stereocenters. The Morgan fingerprint density at radius 2 is 1.53 bits per heavy atom. The van der Waals surface area contributed by atoms with Crippen LogP contribution in [0.1, 0.15) is 44.1 Å². The van der Waals surface area contributed by atoms with Gasteiger partial charge in [-0.3, -0.25) is 18.7 Å². The topological polar surface area (TPSA) is 73.4 Å². The standard InChI is InChI=1S/C24H21N3O3/c1-12-9-10-14(11-13(12)2)17-18-20(15-7-5-6-8-16(15)21(18)28)25-22-19(17)23(29)27(4)24(30)26(22)3/h5-11,17-18H,1-4H3/t17-,18+/m0/s1. The highest BCUT2D eigenvalue weighted by Gasteiger charge is 2.47. The van der Waals surface area contributed by atoms with Crippen LogP contribution in [0.2, 0.25) is 0 Å². The van der Waals surface area contributed by atoms with E-state index in [4.69, 9.17) is 4.99 Å². The number of aromatic nitrogens is 2. The number of nitrogens with zero attached hydrogens (tertiary/aromatic N) is 3. The molecule has 2 atom stereocenters. The second kappa shape index (κ2) is 6.23. The molecule has 0 saturated heterocycles. The molecular formula is C24H21N3O3. The van der Waals surface area contributed by atoms with Gasteiger partial charge in [-0.25, -0.2) is 9.79 Å². The molecule has 5 rings (SSSR count). The summed E-state index contributed by atoms with van der Waals surface area (Å²) < 4.78 is 2.50. The highest BCUT2D eigenvalue weighted by atomic mass is 16.2. The molecule has 30 heavy (non-hydrogen) atoms. The molecule has 1 aromatic heterocycles. The number of aliphatic imine (C=N–C) groups is 1. The Morgan fingerprint density at radius 3 is 2.23 bits per heavy atom. The number of rotatable bonds is 1. The Morgan fingerprint density at radius 1 is 0.833 bits per heavy atom. The molecule has 0 amide bonds. The maximum absolute atomic E-state index is 13.5. The average molecular weight is 399 g/mol. The van der Waals surface area contributed by atoms with Crippen LogP contribution in [0.3, 0.4) is 0 Å². The minimum atomic E-state index is -0.581. The number of hydrogen-bond donors (Lipinski definition) is 0. The van der Waals surface area contributed by atoms with E-state index >= 15 is 0 Å². The van der Waals surface area contributed by atoms with Crippen LogP contribution in [0, 0.1) is 19.8 Å². The fourth-order valence-corrected chi connectivity index (χ4v) is 4.68. The molecule has 2 aromatic carbocycles. The molecule has 1 aliphatic carbocycles. The number of carbonyl (C=O) groups excluding carboxylic acids is 1. The number of aryl methyl sites for hydroxylation is 2. The lowest BCUT2D eigenvalue weighted by atomic mass is 9.76. The molecule has 150 valence electrons. The summed E-state index contributed by atoms with van der Waals surface area (Å²) in [5, 5.41) is 0. The molecule has 0 spiro atoms. The molecule has 1 aliphatic heterocycles. The van der Waals surface area contributed by atoms with E-state index in [1.54, 1.807) is 13.1 Å². The Kier molecular flexibility index (Phi) is 3.84. The van der Waals surface area contributed by atoms with Crippen LogP contribution < -0.4 is 11.2 Å². The largest absolute Gasteiger partial charge is 0.332 e. The maximum atomic E-state index is 13.5.